The maximum atomic E-state index is 4.04. The number of nitrogens with one attached hydrogen (secondary N) is 1. The van der Waals surface area contributed by atoms with Crippen molar-refractivity contribution < 1.29 is 0 Å². The summed E-state index contributed by atoms with van der Waals surface area (Å²) < 4.78 is 1.12. The number of halogens is 1. The molecule has 1 saturated heterocycles. The summed E-state index contributed by atoms with van der Waals surface area (Å²) in [5, 5.41) is 3.46. The van der Waals surface area contributed by atoms with E-state index < -0.39 is 0 Å². The van der Waals surface area contributed by atoms with E-state index in [1.165, 1.54) is 18.4 Å². The Labute approximate surface area is 80.5 Å². The summed E-state index contributed by atoms with van der Waals surface area (Å²) in [4.78, 5) is 4.04. The van der Waals surface area contributed by atoms with Crippen LogP contribution in [0.25, 0.3) is 0 Å². The van der Waals surface area contributed by atoms with Crippen molar-refractivity contribution in [2.75, 3.05) is 6.54 Å². The highest BCUT2D eigenvalue weighted by Crippen LogP contribution is 2.28. The fourth-order valence-corrected chi connectivity index (χ4v) is 2.15. The van der Waals surface area contributed by atoms with Gasteiger partial charge in [0, 0.05) is 22.9 Å². The largest absolute Gasteiger partial charge is 0.310 e. The van der Waals surface area contributed by atoms with Crippen LogP contribution in [-0.2, 0) is 0 Å². The minimum absolute atomic E-state index is 0.530. The molecule has 1 N–H and O–H groups in total. The maximum Gasteiger partial charge on any atom is 0.0413 e. The van der Waals surface area contributed by atoms with E-state index in [0.717, 1.165) is 11.0 Å². The first-order valence-corrected chi connectivity index (χ1v) is 5.00. The number of rotatable bonds is 1. The van der Waals surface area contributed by atoms with Gasteiger partial charge in [0.25, 0.3) is 0 Å². The van der Waals surface area contributed by atoms with E-state index in [0.29, 0.717) is 6.04 Å². The third-order valence-corrected chi connectivity index (χ3v) is 2.90. The first-order chi connectivity index (χ1) is 5.88. The van der Waals surface area contributed by atoms with Gasteiger partial charge in [-0.2, -0.15) is 0 Å². The first-order valence-electron chi connectivity index (χ1n) is 4.21. The molecule has 12 heavy (non-hydrogen) atoms. The van der Waals surface area contributed by atoms with E-state index in [1.807, 2.05) is 12.4 Å². The lowest BCUT2D eigenvalue weighted by molar-refractivity contribution is 0.644. The van der Waals surface area contributed by atoms with Gasteiger partial charge in [-0.15, -0.1) is 0 Å². The average Bonchev–Trinajstić information content (AvgIpc) is 2.57. The molecule has 1 fully saturated rings. The molecular formula is C9H11BrN2. The van der Waals surface area contributed by atoms with Gasteiger partial charge in [0.15, 0.2) is 0 Å². The predicted molar refractivity (Wildman–Crippen MR) is 51.9 cm³/mol. The minimum Gasteiger partial charge on any atom is -0.310 e. The van der Waals surface area contributed by atoms with Crippen LogP contribution in [0.1, 0.15) is 24.4 Å². The third-order valence-electron chi connectivity index (χ3n) is 2.24. The molecule has 1 aliphatic rings. The zero-order valence-corrected chi connectivity index (χ0v) is 8.34. The normalized spacial score (nSPS) is 22.9. The Balaban J connectivity index is 2.26. The molecule has 1 aromatic heterocycles. The second-order valence-corrected chi connectivity index (χ2v) is 3.90. The lowest BCUT2D eigenvalue weighted by atomic mass is 10.1. The fraction of sp³-hybridized carbons (Fsp3) is 0.444. The Bertz CT molecular complexity index is 269. The van der Waals surface area contributed by atoms with Crippen LogP contribution in [0, 0.1) is 0 Å². The van der Waals surface area contributed by atoms with Crippen molar-refractivity contribution in [1.29, 1.82) is 0 Å². The SMILES string of the molecule is Brc1cnccc1C1CCCN1. The van der Waals surface area contributed by atoms with Crippen molar-refractivity contribution >= 4 is 15.9 Å². The van der Waals surface area contributed by atoms with E-state index in [4.69, 9.17) is 0 Å². The molecule has 0 saturated carbocycles. The molecule has 1 aliphatic heterocycles. The monoisotopic (exact) mass is 226 g/mol. The average molecular weight is 227 g/mol. The highest BCUT2D eigenvalue weighted by molar-refractivity contribution is 9.10. The Morgan fingerprint density at radius 2 is 2.50 bits per heavy atom. The van der Waals surface area contributed by atoms with Crippen molar-refractivity contribution in [3.63, 3.8) is 0 Å². The number of pyridine rings is 1. The second kappa shape index (κ2) is 3.54. The number of hydrogen-bond acceptors (Lipinski definition) is 2. The maximum absolute atomic E-state index is 4.04. The summed E-state index contributed by atoms with van der Waals surface area (Å²) in [7, 11) is 0. The van der Waals surface area contributed by atoms with Gasteiger partial charge < -0.3 is 5.32 Å². The Morgan fingerprint density at radius 1 is 1.58 bits per heavy atom. The number of nitrogens with zero attached hydrogens (tertiary/aromatic N) is 1. The molecule has 0 radical (unpaired) electrons. The zero-order valence-electron chi connectivity index (χ0n) is 6.76. The van der Waals surface area contributed by atoms with Crippen LogP contribution >= 0.6 is 15.9 Å². The molecule has 2 heterocycles. The van der Waals surface area contributed by atoms with Gasteiger partial charge in [0.2, 0.25) is 0 Å². The fourth-order valence-electron chi connectivity index (χ4n) is 1.62. The van der Waals surface area contributed by atoms with Gasteiger partial charge in [-0.1, -0.05) is 0 Å². The molecule has 1 atom stereocenters. The quantitative estimate of drug-likeness (QED) is 0.795. The van der Waals surface area contributed by atoms with E-state index in [1.54, 1.807) is 0 Å². The van der Waals surface area contributed by atoms with Crippen molar-refractivity contribution in [2.24, 2.45) is 0 Å². The van der Waals surface area contributed by atoms with Gasteiger partial charge in [-0.25, -0.2) is 0 Å². The Hall–Kier alpha value is -0.410. The van der Waals surface area contributed by atoms with Crippen LogP contribution in [-0.4, -0.2) is 11.5 Å². The minimum atomic E-state index is 0.530. The van der Waals surface area contributed by atoms with Gasteiger partial charge in [-0.3, -0.25) is 4.98 Å². The Morgan fingerprint density at radius 3 is 3.17 bits per heavy atom. The van der Waals surface area contributed by atoms with Crippen molar-refractivity contribution in [3.05, 3.63) is 28.5 Å². The molecule has 2 rings (SSSR count). The highest BCUT2D eigenvalue weighted by Gasteiger charge is 2.17. The van der Waals surface area contributed by atoms with Crippen molar-refractivity contribution in [1.82, 2.24) is 10.3 Å². The smallest absolute Gasteiger partial charge is 0.0413 e. The third kappa shape index (κ3) is 1.52. The number of aromatic nitrogens is 1. The molecular weight excluding hydrogens is 216 g/mol. The standard InChI is InChI=1S/C9H11BrN2/c10-8-6-11-5-3-7(8)9-2-1-4-12-9/h3,5-6,9,12H,1-2,4H2. The van der Waals surface area contributed by atoms with E-state index >= 15 is 0 Å². The van der Waals surface area contributed by atoms with Crippen LogP contribution in [0.15, 0.2) is 22.9 Å². The van der Waals surface area contributed by atoms with Crippen molar-refractivity contribution in [2.45, 2.75) is 18.9 Å². The van der Waals surface area contributed by atoms with Crippen LogP contribution in [0.4, 0.5) is 0 Å². The predicted octanol–water partition coefficient (Wildman–Crippen LogP) is 2.27. The lowest BCUT2D eigenvalue weighted by Crippen LogP contribution is -2.13. The molecule has 0 amide bonds. The van der Waals surface area contributed by atoms with Crippen LogP contribution in [0.2, 0.25) is 0 Å². The van der Waals surface area contributed by atoms with Crippen LogP contribution < -0.4 is 5.32 Å². The second-order valence-electron chi connectivity index (χ2n) is 3.05. The summed E-state index contributed by atoms with van der Waals surface area (Å²) in [6, 6.07) is 2.61. The van der Waals surface area contributed by atoms with Crippen molar-refractivity contribution in [3.8, 4) is 0 Å². The molecule has 64 valence electrons. The van der Waals surface area contributed by atoms with Gasteiger partial charge in [0.1, 0.15) is 0 Å². The van der Waals surface area contributed by atoms with Gasteiger partial charge in [-0.05, 0) is 46.9 Å². The van der Waals surface area contributed by atoms with Crippen LogP contribution in [0.3, 0.4) is 0 Å². The van der Waals surface area contributed by atoms with Gasteiger partial charge in [0.05, 0.1) is 0 Å². The summed E-state index contributed by atoms with van der Waals surface area (Å²) in [5.74, 6) is 0. The molecule has 1 aromatic rings. The molecule has 0 aliphatic carbocycles. The Kier molecular flexibility index (Phi) is 2.42. The summed E-state index contributed by atoms with van der Waals surface area (Å²) in [6.45, 7) is 1.14. The highest BCUT2D eigenvalue weighted by atomic mass is 79.9. The topological polar surface area (TPSA) is 24.9 Å². The van der Waals surface area contributed by atoms with E-state index in [9.17, 15) is 0 Å². The van der Waals surface area contributed by atoms with E-state index in [2.05, 4.69) is 32.3 Å². The molecule has 2 nitrogen and oxygen atoms in total. The summed E-state index contributed by atoms with van der Waals surface area (Å²) >= 11 is 3.50. The van der Waals surface area contributed by atoms with E-state index in [-0.39, 0.29) is 0 Å². The number of hydrogen-bond donors (Lipinski definition) is 1. The van der Waals surface area contributed by atoms with Crippen LogP contribution in [0.5, 0.6) is 0 Å². The molecule has 0 spiro atoms. The summed E-state index contributed by atoms with van der Waals surface area (Å²) in [6.07, 6.45) is 6.22. The summed E-state index contributed by atoms with van der Waals surface area (Å²) in [5.41, 5.74) is 1.34. The lowest BCUT2D eigenvalue weighted by Gasteiger charge is -2.11. The zero-order chi connectivity index (χ0) is 8.39. The molecule has 0 aromatic carbocycles. The molecule has 1 unspecified atom stereocenters. The van der Waals surface area contributed by atoms with Gasteiger partial charge >= 0.3 is 0 Å². The molecule has 3 heteroatoms. The first kappa shape index (κ1) is 8.20. The molecule has 0 bridgehead atoms.